The highest BCUT2D eigenvalue weighted by molar-refractivity contribution is 7.99. The van der Waals surface area contributed by atoms with E-state index in [1.807, 2.05) is 6.92 Å². The van der Waals surface area contributed by atoms with E-state index < -0.39 is 0 Å². The molecule has 2 aromatic rings. The Balaban J connectivity index is 3.05. The summed E-state index contributed by atoms with van der Waals surface area (Å²) < 4.78 is 2.46. The molecule has 18 heavy (non-hydrogen) atoms. The number of rotatable bonds is 2. The van der Waals surface area contributed by atoms with Crippen molar-refractivity contribution >= 4 is 22.8 Å². The van der Waals surface area contributed by atoms with Gasteiger partial charge in [-0.25, -0.2) is 14.8 Å². The number of hydrogen-bond acceptors (Lipinski definition) is 5. The third-order valence-corrected chi connectivity index (χ3v) is 3.52. The van der Waals surface area contributed by atoms with E-state index in [9.17, 15) is 9.59 Å². The highest BCUT2D eigenvalue weighted by atomic mass is 32.2. The minimum absolute atomic E-state index is 0.343. The molecule has 0 aromatic carbocycles. The Labute approximate surface area is 108 Å². The predicted octanol–water partition coefficient (Wildman–Crippen LogP) is 0.448. The van der Waals surface area contributed by atoms with E-state index in [4.69, 9.17) is 0 Å². The van der Waals surface area contributed by atoms with Gasteiger partial charge in [-0.2, -0.15) is 0 Å². The normalized spacial score (nSPS) is 11.1. The Bertz CT molecular complexity index is 732. The summed E-state index contributed by atoms with van der Waals surface area (Å²) in [6.07, 6.45) is 0. The molecule has 0 atom stereocenters. The van der Waals surface area contributed by atoms with Gasteiger partial charge in [-0.1, -0.05) is 6.92 Å². The molecule has 2 rings (SSSR count). The molecule has 2 heterocycles. The summed E-state index contributed by atoms with van der Waals surface area (Å²) in [6.45, 7) is 3.74. The molecule has 0 radical (unpaired) electrons. The summed E-state index contributed by atoms with van der Waals surface area (Å²) >= 11 is 1.48. The van der Waals surface area contributed by atoms with Crippen LogP contribution in [0.1, 0.15) is 12.7 Å². The molecular weight excluding hydrogens is 252 g/mol. The van der Waals surface area contributed by atoms with Crippen LogP contribution in [0.2, 0.25) is 0 Å². The van der Waals surface area contributed by atoms with Gasteiger partial charge in [0.05, 0.1) is 0 Å². The highest BCUT2D eigenvalue weighted by Gasteiger charge is 2.15. The minimum Gasteiger partial charge on any atom is -0.280 e. The molecular formula is C11H14N4O2S. The number of fused-ring (bicyclic) bond motifs is 1. The standard InChI is InChI=1S/C11H14N4O2S/c1-5-18-9-7-8(12-6(2)13-9)14(3)11(17)15(4)10(7)16/h5H2,1-4H3. The fourth-order valence-corrected chi connectivity index (χ4v) is 2.57. The summed E-state index contributed by atoms with van der Waals surface area (Å²) in [5.74, 6) is 1.36. The van der Waals surface area contributed by atoms with E-state index >= 15 is 0 Å². The minimum atomic E-state index is -0.377. The predicted molar refractivity (Wildman–Crippen MR) is 71.2 cm³/mol. The van der Waals surface area contributed by atoms with E-state index in [1.165, 1.54) is 23.4 Å². The van der Waals surface area contributed by atoms with Crippen LogP contribution in [0.3, 0.4) is 0 Å². The Morgan fingerprint density at radius 1 is 1.17 bits per heavy atom. The molecule has 0 amide bonds. The molecule has 6 nitrogen and oxygen atoms in total. The molecule has 96 valence electrons. The van der Waals surface area contributed by atoms with Crippen molar-refractivity contribution in [3.8, 4) is 0 Å². The molecule has 7 heteroatoms. The first-order valence-electron chi connectivity index (χ1n) is 5.54. The van der Waals surface area contributed by atoms with Gasteiger partial charge in [0.15, 0.2) is 5.65 Å². The monoisotopic (exact) mass is 266 g/mol. The van der Waals surface area contributed by atoms with Gasteiger partial charge in [-0.15, -0.1) is 11.8 Å². The third kappa shape index (κ3) is 1.84. The maximum absolute atomic E-state index is 12.2. The van der Waals surface area contributed by atoms with Crippen LogP contribution in [0.5, 0.6) is 0 Å². The molecule has 0 aliphatic rings. The second-order valence-electron chi connectivity index (χ2n) is 3.91. The topological polar surface area (TPSA) is 69.8 Å². The van der Waals surface area contributed by atoms with Gasteiger partial charge >= 0.3 is 5.69 Å². The first-order chi connectivity index (χ1) is 8.47. The van der Waals surface area contributed by atoms with Crippen molar-refractivity contribution in [3.05, 3.63) is 26.7 Å². The van der Waals surface area contributed by atoms with Gasteiger partial charge < -0.3 is 0 Å². The lowest BCUT2D eigenvalue weighted by atomic mass is 10.4. The van der Waals surface area contributed by atoms with Gasteiger partial charge in [0.1, 0.15) is 16.2 Å². The Kier molecular flexibility index (Phi) is 3.25. The van der Waals surface area contributed by atoms with Gasteiger partial charge in [-0.3, -0.25) is 13.9 Å². The number of hydrogen-bond donors (Lipinski definition) is 0. The van der Waals surface area contributed by atoms with E-state index in [0.717, 1.165) is 10.3 Å². The first-order valence-corrected chi connectivity index (χ1v) is 6.53. The average molecular weight is 266 g/mol. The summed E-state index contributed by atoms with van der Waals surface area (Å²) in [5.41, 5.74) is -0.325. The number of aromatic nitrogens is 4. The van der Waals surface area contributed by atoms with Crippen molar-refractivity contribution < 1.29 is 0 Å². The van der Waals surface area contributed by atoms with Crippen LogP contribution >= 0.6 is 11.8 Å². The summed E-state index contributed by atoms with van der Waals surface area (Å²) in [4.78, 5) is 32.5. The van der Waals surface area contributed by atoms with Gasteiger partial charge in [0.25, 0.3) is 5.56 Å². The van der Waals surface area contributed by atoms with Crippen LogP contribution in [0, 0.1) is 6.92 Å². The lowest BCUT2D eigenvalue weighted by Crippen LogP contribution is -2.37. The van der Waals surface area contributed by atoms with Crippen LogP contribution in [-0.4, -0.2) is 24.9 Å². The zero-order valence-corrected chi connectivity index (χ0v) is 11.5. The molecule has 2 aromatic heterocycles. The zero-order chi connectivity index (χ0) is 13.4. The van der Waals surface area contributed by atoms with Crippen LogP contribution in [-0.2, 0) is 14.1 Å². The smallest absolute Gasteiger partial charge is 0.280 e. The van der Waals surface area contributed by atoms with Gasteiger partial charge in [0.2, 0.25) is 0 Å². The molecule has 0 aliphatic heterocycles. The number of nitrogens with zero attached hydrogens (tertiary/aromatic N) is 4. The molecule has 0 aliphatic carbocycles. The quantitative estimate of drug-likeness (QED) is 0.583. The van der Waals surface area contributed by atoms with Crippen LogP contribution in [0.25, 0.3) is 11.0 Å². The molecule has 0 spiro atoms. The summed E-state index contributed by atoms with van der Waals surface area (Å²) in [5, 5.41) is 1.05. The maximum atomic E-state index is 12.2. The fraction of sp³-hybridized carbons (Fsp3) is 0.455. The van der Waals surface area contributed by atoms with Crippen molar-refractivity contribution in [3.63, 3.8) is 0 Å². The third-order valence-electron chi connectivity index (χ3n) is 2.66. The molecule has 0 N–H and O–H groups in total. The van der Waals surface area contributed by atoms with E-state index in [2.05, 4.69) is 9.97 Å². The second kappa shape index (κ2) is 4.56. The fourth-order valence-electron chi connectivity index (χ4n) is 1.77. The van der Waals surface area contributed by atoms with E-state index in [0.29, 0.717) is 21.9 Å². The Morgan fingerprint density at radius 2 is 1.83 bits per heavy atom. The van der Waals surface area contributed by atoms with Crippen molar-refractivity contribution in [1.29, 1.82) is 0 Å². The van der Waals surface area contributed by atoms with Crippen LogP contribution in [0.15, 0.2) is 14.6 Å². The van der Waals surface area contributed by atoms with Crippen molar-refractivity contribution in [1.82, 2.24) is 19.1 Å². The summed E-state index contributed by atoms with van der Waals surface area (Å²) in [7, 11) is 3.07. The lowest BCUT2D eigenvalue weighted by Gasteiger charge is -2.09. The van der Waals surface area contributed by atoms with E-state index in [-0.39, 0.29) is 11.2 Å². The number of thioether (sulfide) groups is 1. The highest BCUT2D eigenvalue weighted by Crippen LogP contribution is 2.21. The van der Waals surface area contributed by atoms with Crippen LogP contribution < -0.4 is 11.2 Å². The molecule has 0 saturated heterocycles. The summed E-state index contributed by atoms with van der Waals surface area (Å²) in [6, 6.07) is 0. The zero-order valence-electron chi connectivity index (χ0n) is 10.7. The lowest BCUT2D eigenvalue weighted by molar-refractivity contribution is 0.701. The average Bonchev–Trinajstić information content (AvgIpc) is 2.33. The van der Waals surface area contributed by atoms with Gasteiger partial charge in [-0.05, 0) is 12.7 Å². The SMILES string of the molecule is CCSc1nc(C)nc2c1c(=O)n(C)c(=O)n2C. The maximum Gasteiger partial charge on any atom is 0.332 e. The van der Waals surface area contributed by atoms with Crippen molar-refractivity contribution in [2.45, 2.75) is 18.9 Å². The first kappa shape index (κ1) is 12.8. The Hall–Kier alpha value is -1.63. The molecule has 0 bridgehead atoms. The van der Waals surface area contributed by atoms with Crippen molar-refractivity contribution in [2.24, 2.45) is 14.1 Å². The van der Waals surface area contributed by atoms with Crippen molar-refractivity contribution in [2.75, 3.05) is 5.75 Å². The largest absolute Gasteiger partial charge is 0.332 e. The van der Waals surface area contributed by atoms with Crippen LogP contribution in [0.4, 0.5) is 0 Å². The van der Waals surface area contributed by atoms with Gasteiger partial charge in [0, 0.05) is 14.1 Å². The molecule has 0 unspecified atom stereocenters. The van der Waals surface area contributed by atoms with E-state index in [1.54, 1.807) is 14.0 Å². The number of aryl methyl sites for hydroxylation is 2. The molecule has 0 fully saturated rings. The Morgan fingerprint density at radius 3 is 2.44 bits per heavy atom. The molecule has 0 saturated carbocycles. The second-order valence-corrected chi connectivity index (χ2v) is 5.17.